The zero-order valence-corrected chi connectivity index (χ0v) is 12.9. The fraction of sp³-hybridized carbons (Fsp3) is 0.467. The molecular formula is C15H23N3O3. The number of hydrogen-bond acceptors (Lipinski definition) is 4. The van der Waals surface area contributed by atoms with Crippen LogP contribution in [0.3, 0.4) is 0 Å². The Hall–Kier alpha value is -2.08. The van der Waals surface area contributed by atoms with Gasteiger partial charge < -0.3 is 15.4 Å². The molecule has 1 rings (SSSR count). The molecule has 0 aliphatic carbocycles. The lowest BCUT2D eigenvalue weighted by Crippen LogP contribution is -2.43. The van der Waals surface area contributed by atoms with Crippen LogP contribution in [-0.4, -0.2) is 32.1 Å². The minimum absolute atomic E-state index is 0.299. The second-order valence-electron chi connectivity index (χ2n) is 4.65. The van der Waals surface area contributed by atoms with Gasteiger partial charge >= 0.3 is 6.03 Å². The standard InChI is InChI=1S/C15H23N3O3/c1-5-13(16-3)11-6-8-12(9-7-11)21-10(2)14(19)18-15(20)17-4/h6-10,13,16H,5H2,1-4H3,(H2,17,18,19,20). The molecule has 0 saturated heterocycles. The largest absolute Gasteiger partial charge is 0.481 e. The first-order valence-electron chi connectivity index (χ1n) is 6.98. The number of ether oxygens (including phenoxy) is 1. The van der Waals surface area contributed by atoms with E-state index in [1.165, 1.54) is 7.05 Å². The smallest absolute Gasteiger partial charge is 0.321 e. The van der Waals surface area contributed by atoms with Gasteiger partial charge in [0.25, 0.3) is 5.91 Å². The molecular weight excluding hydrogens is 270 g/mol. The maximum Gasteiger partial charge on any atom is 0.321 e. The van der Waals surface area contributed by atoms with Crippen molar-refractivity contribution in [3.63, 3.8) is 0 Å². The number of carbonyl (C=O) groups is 2. The van der Waals surface area contributed by atoms with Gasteiger partial charge in [-0.25, -0.2) is 4.79 Å². The molecule has 21 heavy (non-hydrogen) atoms. The summed E-state index contributed by atoms with van der Waals surface area (Å²) in [5.74, 6) is 0.101. The minimum atomic E-state index is -0.751. The summed E-state index contributed by atoms with van der Waals surface area (Å²) in [4.78, 5) is 22.7. The molecule has 0 radical (unpaired) electrons. The molecule has 0 aromatic heterocycles. The van der Waals surface area contributed by atoms with Crippen molar-refractivity contribution in [1.82, 2.24) is 16.0 Å². The van der Waals surface area contributed by atoms with Crippen LogP contribution in [0, 0.1) is 0 Å². The Kier molecular flexibility index (Phi) is 6.68. The van der Waals surface area contributed by atoms with E-state index in [1.807, 2.05) is 31.3 Å². The highest BCUT2D eigenvalue weighted by Crippen LogP contribution is 2.20. The third-order valence-electron chi connectivity index (χ3n) is 3.19. The Morgan fingerprint density at radius 3 is 2.29 bits per heavy atom. The van der Waals surface area contributed by atoms with Crippen LogP contribution in [0.25, 0.3) is 0 Å². The molecule has 3 amide bonds. The molecule has 0 aliphatic rings. The van der Waals surface area contributed by atoms with Gasteiger partial charge in [-0.15, -0.1) is 0 Å². The summed E-state index contributed by atoms with van der Waals surface area (Å²) < 4.78 is 5.51. The Labute approximate surface area is 125 Å². The number of amides is 3. The molecule has 3 N–H and O–H groups in total. The topological polar surface area (TPSA) is 79.5 Å². The number of imide groups is 1. The predicted octanol–water partition coefficient (Wildman–Crippen LogP) is 1.58. The van der Waals surface area contributed by atoms with Gasteiger partial charge in [0.2, 0.25) is 0 Å². The van der Waals surface area contributed by atoms with Crippen LogP contribution in [0.5, 0.6) is 5.75 Å². The molecule has 1 aromatic rings. The van der Waals surface area contributed by atoms with E-state index in [4.69, 9.17) is 4.74 Å². The van der Waals surface area contributed by atoms with E-state index in [2.05, 4.69) is 22.9 Å². The molecule has 2 atom stereocenters. The van der Waals surface area contributed by atoms with E-state index in [-0.39, 0.29) is 0 Å². The van der Waals surface area contributed by atoms with Crippen molar-refractivity contribution in [1.29, 1.82) is 0 Å². The van der Waals surface area contributed by atoms with E-state index < -0.39 is 18.0 Å². The van der Waals surface area contributed by atoms with Gasteiger partial charge in [0, 0.05) is 13.1 Å². The lowest BCUT2D eigenvalue weighted by atomic mass is 10.0. The SMILES string of the molecule is CCC(NC)c1ccc(OC(C)C(=O)NC(=O)NC)cc1. The average Bonchev–Trinajstić information content (AvgIpc) is 2.49. The first kappa shape index (κ1) is 17.0. The summed E-state index contributed by atoms with van der Waals surface area (Å²) >= 11 is 0. The zero-order chi connectivity index (χ0) is 15.8. The van der Waals surface area contributed by atoms with Crippen LogP contribution in [0.1, 0.15) is 31.9 Å². The number of nitrogens with one attached hydrogen (secondary N) is 3. The molecule has 0 heterocycles. The zero-order valence-electron chi connectivity index (χ0n) is 12.9. The molecule has 0 aliphatic heterocycles. The minimum Gasteiger partial charge on any atom is -0.481 e. The van der Waals surface area contributed by atoms with Crippen LogP contribution >= 0.6 is 0 Å². The first-order valence-corrected chi connectivity index (χ1v) is 6.98. The molecule has 0 bridgehead atoms. The van der Waals surface area contributed by atoms with E-state index >= 15 is 0 Å². The summed E-state index contributed by atoms with van der Waals surface area (Å²) in [6, 6.07) is 7.31. The first-order chi connectivity index (χ1) is 10.0. The van der Waals surface area contributed by atoms with Crippen LogP contribution in [0.15, 0.2) is 24.3 Å². The van der Waals surface area contributed by atoms with Crippen molar-refractivity contribution in [2.75, 3.05) is 14.1 Å². The van der Waals surface area contributed by atoms with Gasteiger partial charge in [0.1, 0.15) is 5.75 Å². The third-order valence-corrected chi connectivity index (χ3v) is 3.19. The monoisotopic (exact) mass is 293 g/mol. The predicted molar refractivity (Wildman–Crippen MR) is 81.2 cm³/mol. The summed E-state index contributed by atoms with van der Waals surface area (Å²) in [7, 11) is 3.36. The Morgan fingerprint density at radius 1 is 1.19 bits per heavy atom. The molecule has 6 heteroatoms. The second-order valence-corrected chi connectivity index (χ2v) is 4.65. The molecule has 2 unspecified atom stereocenters. The number of hydrogen-bond donors (Lipinski definition) is 3. The normalized spacial score (nSPS) is 13.1. The number of carbonyl (C=O) groups excluding carboxylic acids is 2. The van der Waals surface area contributed by atoms with Crippen molar-refractivity contribution in [3.8, 4) is 5.75 Å². The molecule has 1 aromatic carbocycles. The number of benzene rings is 1. The van der Waals surface area contributed by atoms with Gasteiger partial charge in [-0.3, -0.25) is 10.1 Å². The molecule has 0 saturated carbocycles. The van der Waals surface area contributed by atoms with Crippen LogP contribution in [0.2, 0.25) is 0 Å². The van der Waals surface area contributed by atoms with Gasteiger partial charge in [0.15, 0.2) is 6.10 Å². The summed E-state index contributed by atoms with van der Waals surface area (Å²) in [6.45, 7) is 3.70. The van der Waals surface area contributed by atoms with Crippen LogP contribution in [0.4, 0.5) is 4.79 Å². The quantitative estimate of drug-likeness (QED) is 0.744. The van der Waals surface area contributed by atoms with Crippen molar-refractivity contribution < 1.29 is 14.3 Å². The van der Waals surface area contributed by atoms with E-state index in [0.29, 0.717) is 11.8 Å². The van der Waals surface area contributed by atoms with Crippen molar-refractivity contribution in [3.05, 3.63) is 29.8 Å². The van der Waals surface area contributed by atoms with Crippen LogP contribution in [-0.2, 0) is 4.79 Å². The van der Waals surface area contributed by atoms with Crippen molar-refractivity contribution >= 4 is 11.9 Å². The number of rotatable bonds is 6. The van der Waals surface area contributed by atoms with Gasteiger partial charge in [-0.05, 0) is 38.1 Å². The highest BCUT2D eigenvalue weighted by atomic mass is 16.5. The van der Waals surface area contributed by atoms with Gasteiger partial charge in [-0.2, -0.15) is 0 Å². The summed E-state index contributed by atoms with van der Waals surface area (Å²) in [5, 5.41) is 7.71. The maximum atomic E-state index is 11.7. The van der Waals surface area contributed by atoms with E-state index in [0.717, 1.165) is 12.0 Å². The van der Waals surface area contributed by atoms with Crippen molar-refractivity contribution in [2.45, 2.75) is 32.4 Å². The molecule has 6 nitrogen and oxygen atoms in total. The highest BCUT2D eigenvalue weighted by molar-refractivity contribution is 5.96. The Morgan fingerprint density at radius 2 is 1.81 bits per heavy atom. The molecule has 116 valence electrons. The van der Waals surface area contributed by atoms with Gasteiger partial charge in [0.05, 0.1) is 0 Å². The lowest BCUT2D eigenvalue weighted by Gasteiger charge is -2.17. The van der Waals surface area contributed by atoms with Gasteiger partial charge in [-0.1, -0.05) is 19.1 Å². The Bertz CT molecular complexity index is 470. The second kappa shape index (κ2) is 8.26. The lowest BCUT2D eigenvalue weighted by molar-refractivity contribution is -0.126. The van der Waals surface area contributed by atoms with E-state index in [9.17, 15) is 9.59 Å². The molecule has 0 fully saturated rings. The van der Waals surface area contributed by atoms with E-state index in [1.54, 1.807) is 6.92 Å². The molecule has 0 spiro atoms. The summed E-state index contributed by atoms with van der Waals surface area (Å²) in [6.07, 6.45) is 0.237. The Balaban J connectivity index is 2.62. The maximum absolute atomic E-state index is 11.7. The fourth-order valence-corrected chi connectivity index (χ4v) is 1.92. The van der Waals surface area contributed by atoms with Crippen LogP contribution < -0.4 is 20.7 Å². The summed E-state index contributed by atoms with van der Waals surface area (Å²) in [5.41, 5.74) is 1.16. The average molecular weight is 293 g/mol. The third kappa shape index (κ3) is 5.07. The fourth-order valence-electron chi connectivity index (χ4n) is 1.92. The highest BCUT2D eigenvalue weighted by Gasteiger charge is 2.17. The number of urea groups is 1. The van der Waals surface area contributed by atoms with Crippen molar-refractivity contribution in [2.24, 2.45) is 0 Å².